The second-order valence-corrected chi connectivity index (χ2v) is 8.84. The fraction of sp³-hybridized carbons (Fsp3) is 0.611. The maximum atomic E-state index is 12.5. The molecule has 2 aliphatic heterocycles. The number of hydrogen-bond acceptors (Lipinski definition) is 5. The summed E-state index contributed by atoms with van der Waals surface area (Å²) in [7, 11) is -1.47. The van der Waals surface area contributed by atoms with E-state index in [1.54, 1.807) is 17.0 Å². The van der Waals surface area contributed by atoms with E-state index in [2.05, 4.69) is 21.6 Å². The van der Waals surface area contributed by atoms with Crippen molar-refractivity contribution in [2.45, 2.75) is 17.7 Å². The standard InChI is InChI=1S/C18H28N4O3S/c1-20-11-13-21(14-12-20)8-3-7-19-26(24,25)17-6-2-5-16(15-17)18(23)22-9-4-10-22/h2,5-6,15,19H,3-4,7-14H2,1H3. The molecule has 2 aliphatic rings. The molecule has 1 N–H and O–H groups in total. The average Bonchev–Trinajstić information content (AvgIpc) is 2.59. The van der Waals surface area contributed by atoms with E-state index < -0.39 is 10.0 Å². The minimum Gasteiger partial charge on any atom is -0.339 e. The van der Waals surface area contributed by atoms with E-state index >= 15 is 0 Å². The van der Waals surface area contributed by atoms with Crippen molar-refractivity contribution < 1.29 is 13.2 Å². The minimum atomic E-state index is -3.59. The molecule has 0 radical (unpaired) electrons. The third-order valence-electron chi connectivity index (χ3n) is 5.07. The Morgan fingerprint density at radius 3 is 2.50 bits per heavy atom. The van der Waals surface area contributed by atoms with Crippen LogP contribution in [0.15, 0.2) is 29.2 Å². The van der Waals surface area contributed by atoms with Gasteiger partial charge >= 0.3 is 0 Å². The van der Waals surface area contributed by atoms with E-state index in [0.717, 1.165) is 58.7 Å². The molecule has 0 bridgehead atoms. The van der Waals surface area contributed by atoms with Gasteiger partial charge in [0.15, 0.2) is 0 Å². The third kappa shape index (κ3) is 4.82. The van der Waals surface area contributed by atoms with Crippen molar-refractivity contribution in [1.29, 1.82) is 0 Å². The maximum absolute atomic E-state index is 12.5. The molecule has 2 fully saturated rings. The Bertz CT molecular complexity index is 726. The number of carbonyl (C=O) groups is 1. The van der Waals surface area contributed by atoms with Crippen LogP contribution in [0.4, 0.5) is 0 Å². The minimum absolute atomic E-state index is 0.0941. The number of nitrogens with zero attached hydrogens (tertiary/aromatic N) is 3. The van der Waals surface area contributed by atoms with Crippen molar-refractivity contribution in [3.05, 3.63) is 29.8 Å². The van der Waals surface area contributed by atoms with Crippen LogP contribution in [-0.2, 0) is 10.0 Å². The van der Waals surface area contributed by atoms with Gasteiger partial charge in [0.25, 0.3) is 5.91 Å². The summed E-state index contributed by atoms with van der Waals surface area (Å²) in [5.74, 6) is -0.0941. The molecule has 2 heterocycles. The summed E-state index contributed by atoms with van der Waals surface area (Å²) in [6.07, 6.45) is 1.79. The number of carbonyl (C=O) groups excluding carboxylic acids is 1. The lowest BCUT2D eigenvalue weighted by Crippen LogP contribution is -2.45. The highest BCUT2D eigenvalue weighted by atomic mass is 32.2. The number of likely N-dealkylation sites (tertiary alicyclic amines) is 1. The quantitative estimate of drug-likeness (QED) is 0.696. The predicted molar refractivity (Wildman–Crippen MR) is 101 cm³/mol. The molecule has 7 nitrogen and oxygen atoms in total. The molecule has 0 spiro atoms. The molecular formula is C18H28N4O3S. The van der Waals surface area contributed by atoms with Gasteiger partial charge in [0, 0.05) is 51.4 Å². The highest BCUT2D eigenvalue weighted by molar-refractivity contribution is 7.89. The van der Waals surface area contributed by atoms with Crippen LogP contribution in [0.5, 0.6) is 0 Å². The van der Waals surface area contributed by atoms with Gasteiger partial charge in [-0.15, -0.1) is 0 Å². The van der Waals surface area contributed by atoms with E-state index in [9.17, 15) is 13.2 Å². The predicted octanol–water partition coefficient (Wildman–Crippen LogP) is 0.448. The molecule has 144 valence electrons. The molecule has 0 aromatic heterocycles. The number of piperazine rings is 1. The first-order chi connectivity index (χ1) is 12.5. The molecule has 1 aromatic carbocycles. The molecule has 1 amide bonds. The highest BCUT2D eigenvalue weighted by Crippen LogP contribution is 2.16. The van der Waals surface area contributed by atoms with Gasteiger partial charge in [-0.05, 0) is 44.6 Å². The molecular weight excluding hydrogens is 352 g/mol. The second-order valence-electron chi connectivity index (χ2n) is 7.07. The van der Waals surface area contributed by atoms with Crippen LogP contribution in [0.25, 0.3) is 0 Å². The first kappa shape index (κ1) is 19.3. The molecule has 26 heavy (non-hydrogen) atoms. The van der Waals surface area contributed by atoms with E-state index in [4.69, 9.17) is 0 Å². The molecule has 0 saturated carbocycles. The van der Waals surface area contributed by atoms with Crippen molar-refractivity contribution >= 4 is 15.9 Å². The van der Waals surface area contributed by atoms with Crippen molar-refractivity contribution in [1.82, 2.24) is 19.4 Å². The van der Waals surface area contributed by atoms with E-state index in [-0.39, 0.29) is 10.8 Å². The van der Waals surface area contributed by atoms with E-state index in [1.165, 1.54) is 12.1 Å². The van der Waals surface area contributed by atoms with Gasteiger partial charge in [-0.1, -0.05) is 6.07 Å². The van der Waals surface area contributed by atoms with Gasteiger partial charge in [-0.3, -0.25) is 4.79 Å². The zero-order valence-electron chi connectivity index (χ0n) is 15.4. The summed E-state index contributed by atoms with van der Waals surface area (Å²) in [4.78, 5) is 18.8. The molecule has 1 aromatic rings. The number of nitrogens with one attached hydrogen (secondary N) is 1. The van der Waals surface area contributed by atoms with Crippen LogP contribution in [0.2, 0.25) is 0 Å². The van der Waals surface area contributed by atoms with Gasteiger partial charge in [-0.25, -0.2) is 13.1 Å². The lowest BCUT2D eigenvalue weighted by molar-refractivity contribution is 0.0651. The lowest BCUT2D eigenvalue weighted by atomic mass is 10.1. The Morgan fingerprint density at radius 1 is 1.12 bits per heavy atom. The fourth-order valence-electron chi connectivity index (χ4n) is 3.16. The molecule has 8 heteroatoms. The first-order valence-corrected chi connectivity index (χ1v) is 10.7. The largest absolute Gasteiger partial charge is 0.339 e. The van der Waals surface area contributed by atoms with E-state index in [1.807, 2.05) is 0 Å². The molecule has 2 saturated heterocycles. The zero-order valence-corrected chi connectivity index (χ0v) is 16.2. The summed E-state index contributed by atoms with van der Waals surface area (Å²) in [5.41, 5.74) is 0.435. The van der Waals surface area contributed by atoms with Crippen LogP contribution < -0.4 is 4.72 Å². The van der Waals surface area contributed by atoms with Crippen LogP contribution in [0.3, 0.4) is 0 Å². The average molecular weight is 381 g/mol. The molecule has 0 aliphatic carbocycles. The normalized spacial score (nSPS) is 19.3. The Balaban J connectivity index is 1.50. The van der Waals surface area contributed by atoms with Crippen molar-refractivity contribution in [2.75, 3.05) is 59.4 Å². The summed E-state index contributed by atoms with van der Waals surface area (Å²) in [6.45, 7) is 6.98. The number of likely N-dealkylation sites (N-methyl/N-ethyl adjacent to an activating group) is 1. The van der Waals surface area contributed by atoms with Crippen LogP contribution in [0, 0.1) is 0 Å². The number of sulfonamides is 1. The zero-order chi connectivity index (χ0) is 18.6. The van der Waals surface area contributed by atoms with Crippen LogP contribution in [-0.4, -0.2) is 88.4 Å². The summed E-state index contributed by atoms with van der Waals surface area (Å²) < 4.78 is 27.7. The monoisotopic (exact) mass is 380 g/mol. The van der Waals surface area contributed by atoms with Crippen molar-refractivity contribution in [2.24, 2.45) is 0 Å². The number of hydrogen-bond donors (Lipinski definition) is 1. The fourth-order valence-corrected chi connectivity index (χ4v) is 4.28. The topological polar surface area (TPSA) is 73.0 Å². The van der Waals surface area contributed by atoms with Crippen molar-refractivity contribution in [3.63, 3.8) is 0 Å². The Hall–Kier alpha value is -1.48. The smallest absolute Gasteiger partial charge is 0.253 e. The summed E-state index contributed by atoms with van der Waals surface area (Å²) in [6, 6.07) is 6.32. The number of amides is 1. The molecule has 0 unspecified atom stereocenters. The Labute approximate surface area is 156 Å². The van der Waals surface area contributed by atoms with Gasteiger partial charge < -0.3 is 14.7 Å². The van der Waals surface area contributed by atoms with Gasteiger partial charge in [0.1, 0.15) is 0 Å². The van der Waals surface area contributed by atoms with Gasteiger partial charge in [0.05, 0.1) is 4.90 Å². The van der Waals surface area contributed by atoms with Gasteiger partial charge in [0.2, 0.25) is 10.0 Å². The maximum Gasteiger partial charge on any atom is 0.253 e. The SMILES string of the molecule is CN1CCN(CCCNS(=O)(=O)c2cccc(C(=O)N3CCC3)c2)CC1. The van der Waals surface area contributed by atoms with Crippen LogP contribution >= 0.6 is 0 Å². The number of benzene rings is 1. The highest BCUT2D eigenvalue weighted by Gasteiger charge is 2.23. The molecule has 0 atom stereocenters. The lowest BCUT2D eigenvalue weighted by Gasteiger charge is -2.32. The number of rotatable bonds is 7. The third-order valence-corrected chi connectivity index (χ3v) is 6.53. The van der Waals surface area contributed by atoms with E-state index in [0.29, 0.717) is 12.1 Å². The van der Waals surface area contributed by atoms with Crippen LogP contribution in [0.1, 0.15) is 23.2 Å². The van der Waals surface area contributed by atoms with Gasteiger partial charge in [-0.2, -0.15) is 0 Å². The Morgan fingerprint density at radius 2 is 1.85 bits per heavy atom. The summed E-state index contributed by atoms with van der Waals surface area (Å²) >= 11 is 0. The second kappa shape index (κ2) is 8.47. The van der Waals surface area contributed by atoms with Crippen molar-refractivity contribution in [3.8, 4) is 0 Å². The Kier molecular flexibility index (Phi) is 6.29. The molecule has 3 rings (SSSR count). The summed E-state index contributed by atoms with van der Waals surface area (Å²) in [5, 5.41) is 0. The first-order valence-electron chi connectivity index (χ1n) is 9.26.